The normalized spacial score (nSPS) is 16.9. The number of carbonyl (C=O) groups is 4. The molecule has 0 bridgehead atoms. The Labute approximate surface area is 230 Å². The highest BCUT2D eigenvalue weighted by atomic mass is 16.6. The maximum atomic E-state index is 12.9. The van der Waals surface area contributed by atoms with Crippen molar-refractivity contribution < 1.29 is 33.4 Å². The molecule has 0 radical (unpaired) electrons. The molecule has 1 aromatic rings. The zero-order chi connectivity index (χ0) is 28.4. The van der Waals surface area contributed by atoms with Crippen molar-refractivity contribution in [3.8, 4) is 11.8 Å². The Balaban J connectivity index is 1.55. The van der Waals surface area contributed by atoms with E-state index in [1.165, 1.54) is 4.90 Å². The van der Waals surface area contributed by atoms with E-state index in [2.05, 4.69) is 17.2 Å². The number of carbonyl (C=O) groups excluding carboxylic acids is 4. The van der Waals surface area contributed by atoms with E-state index in [-0.39, 0.29) is 18.2 Å². The van der Waals surface area contributed by atoms with Crippen molar-refractivity contribution >= 4 is 23.8 Å². The molecular weight excluding hydrogens is 502 g/mol. The first-order valence-corrected chi connectivity index (χ1v) is 13.5. The van der Waals surface area contributed by atoms with Crippen LogP contribution in [0.15, 0.2) is 18.2 Å². The van der Waals surface area contributed by atoms with Crippen molar-refractivity contribution in [3.05, 3.63) is 34.9 Å². The number of ether oxygens (including phenoxy) is 3. The fourth-order valence-corrected chi connectivity index (χ4v) is 4.27. The second kappa shape index (κ2) is 14.1. The number of piperidine rings is 1. The first kappa shape index (κ1) is 30.1. The van der Waals surface area contributed by atoms with Gasteiger partial charge in [0, 0.05) is 50.2 Å². The molecule has 1 N–H and O–H groups in total. The first-order chi connectivity index (χ1) is 18.6. The molecule has 1 aromatic carbocycles. The van der Waals surface area contributed by atoms with Gasteiger partial charge in [0.05, 0.1) is 19.8 Å². The van der Waals surface area contributed by atoms with Gasteiger partial charge < -0.3 is 24.0 Å². The largest absolute Gasteiger partial charge is 0.444 e. The third-order valence-corrected chi connectivity index (χ3v) is 6.14. The molecular formula is C29H39N3O7. The molecule has 1 saturated heterocycles. The van der Waals surface area contributed by atoms with Gasteiger partial charge in [0.2, 0.25) is 11.8 Å². The number of hydrogen-bond donors (Lipinski definition) is 1. The van der Waals surface area contributed by atoms with Crippen LogP contribution in [0.1, 0.15) is 74.9 Å². The summed E-state index contributed by atoms with van der Waals surface area (Å²) in [6, 6.07) is 4.70. The van der Waals surface area contributed by atoms with Crippen LogP contribution in [0.4, 0.5) is 4.79 Å². The number of benzene rings is 1. The lowest BCUT2D eigenvalue weighted by atomic mass is 10.0. The molecule has 2 heterocycles. The Bertz CT molecular complexity index is 1120. The average Bonchev–Trinajstić information content (AvgIpc) is 3.19. The smallest absolute Gasteiger partial charge is 0.410 e. The van der Waals surface area contributed by atoms with E-state index in [1.54, 1.807) is 17.0 Å². The van der Waals surface area contributed by atoms with Gasteiger partial charge in [0.15, 0.2) is 0 Å². The molecule has 0 aliphatic carbocycles. The molecule has 10 nitrogen and oxygen atoms in total. The van der Waals surface area contributed by atoms with Crippen molar-refractivity contribution in [3.63, 3.8) is 0 Å². The van der Waals surface area contributed by atoms with Gasteiger partial charge in [-0.15, -0.1) is 0 Å². The molecule has 1 fully saturated rings. The van der Waals surface area contributed by atoms with Crippen LogP contribution < -0.4 is 5.32 Å². The van der Waals surface area contributed by atoms with Gasteiger partial charge in [-0.2, -0.15) is 0 Å². The van der Waals surface area contributed by atoms with Crippen LogP contribution in [0.3, 0.4) is 0 Å². The Kier molecular flexibility index (Phi) is 10.9. The molecule has 0 aromatic heterocycles. The van der Waals surface area contributed by atoms with E-state index in [0.29, 0.717) is 64.5 Å². The molecule has 1 atom stereocenters. The van der Waals surface area contributed by atoms with E-state index in [0.717, 1.165) is 17.5 Å². The molecule has 3 rings (SSSR count). The van der Waals surface area contributed by atoms with Crippen molar-refractivity contribution in [1.29, 1.82) is 0 Å². The zero-order valence-corrected chi connectivity index (χ0v) is 23.3. The molecule has 10 heteroatoms. The third kappa shape index (κ3) is 9.08. The minimum atomic E-state index is -0.649. The topological polar surface area (TPSA) is 114 Å². The minimum absolute atomic E-state index is 0.215. The highest BCUT2D eigenvalue weighted by molar-refractivity contribution is 6.05. The van der Waals surface area contributed by atoms with Crippen LogP contribution in [0, 0.1) is 11.8 Å². The molecule has 0 spiro atoms. The zero-order valence-electron chi connectivity index (χ0n) is 23.3. The fourth-order valence-electron chi connectivity index (χ4n) is 4.27. The van der Waals surface area contributed by atoms with Gasteiger partial charge in [0.25, 0.3) is 5.91 Å². The van der Waals surface area contributed by atoms with Crippen molar-refractivity contribution in [2.24, 2.45) is 0 Å². The van der Waals surface area contributed by atoms with E-state index in [4.69, 9.17) is 14.2 Å². The van der Waals surface area contributed by atoms with Crippen molar-refractivity contribution in [2.45, 2.75) is 71.6 Å². The quantitative estimate of drug-likeness (QED) is 0.260. The van der Waals surface area contributed by atoms with Crippen LogP contribution in [0.2, 0.25) is 0 Å². The molecule has 4 amide bonds. The van der Waals surface area contributed by atoms with E-state index in [9.17, 15) is 19.2 Å². The third-order valence-electron chi connectivity index (χ3n) is 6.14. The van der Waals surface area contributed by atoms with E-state index in [1.807, 2.05) is 33.8 Å². The second-order valence-electron chi connectivity index (χ2n) is 10.5. The predicted molar refractivity (Wildman–Crippen MR) is 144 cm³/mol. The average molecular weight is 542 g/mol. The molecule has 1 unspecified atom stereocenters. The maximum absolute atomic E-state index is 12.9. The lowest BCUT2D eigenvalue weighted by Crippen LogP contribution is -2.52. The summed E-state index contributed by atoms with van der Waals surface area (Å²) >= 11 is 0. The molecule has 0 saturated carbocycles. The molecule has 2 aliphatic heterocycles. The van der Waals surface area contributed by atoms with Gasteiger partial charge in [-0.1, -0.05) is 18.8 Å². The molecule has 39 heavy (non-hydrogen) atoms. The van der Waals surface area contributed by atoms with Crippen molar-refractivity contribution in [1.82, 2.24) is 15.1 Å². The summed E-state index contributed by atoms with van der Waals surface area (Å²) in [4.78, 5) is 52.4. The van der Waals surface area contributed by atoms with Crippen molar-refractivity contribution in [2.75, 3.05) is 39.5 Å². The Hall–Kier alpha value is -3.42. The number of nitrogens with zero attached hydrogens (tertiary/aromatic N) is 2. The first-order valence-electron chi connectivity index (χ1n) is 13.5. The van der Waals surface area contributed by atoms with Gasteiger partial charge in [-0.3, -0.25) is 19.7 Å². The summed E-state index contributed by atoms with van der Waals surface area (Å²) in [5.41, 5.74) is 1.47. The summed E-state index contributed by atoms with van der Waals surface area (Å²) in [5, 5.41) is 2.31. The summed E-state index contributed by atoms with van der Waals surface area (Å²) in [6.07, 6.45) is 1.50. The van der Waals surface area contributed by atoms with E-state index < -0.39 is 23.6 Å². The highest BCUT2D eigenvalue weighted by Crippen LogP contribution is 2.28. The second-order valence-corrected chi connectivity index (χ2v) is 10.5. The fraction of sp³-hybridized carbons (Fsp3) is 0.586. The summed E-state index contributed by atoms with van der Waals surface area (Å²) < 4.78 is 16.5. The minimum Gasteiger partial charge on any atom is -0.444 e. The number of fused-ring (bicyclic) bond motifs is 1. The maximum Gasteiger partial charge on any atom is 0.410 e. The molecule has 2 aliphatic rings. The number of imide groups is 1. The Morgan fingerprint density at radius 2 is 1.85 bits per heavy atom. The Morgan fingerprint density at radius 1 is 1.10 bits per heavy atom. The summed E-state index contributed by atoms with van der Waals surface area (Å²) in [6.45, 7) is 10.6. The standard InChI is InChI=1S/C29H39N3O7/c1-5-15-37-17-18-38-16-14-31(28(36)39-29(2,3)4)13-7-6-8-21-9-10-23-22(19-21)20-32(27(23)35)24-11-12-25(33)30-26(24)34/h9-10,19,24H,5,7,11-18,20H2,1-4H3,(H,30,33,34). The number of rotatable bonds is 11. The van der Waals surface area contributed by atoms with Crippen LogP contribution in [-0.4, -0.2) is 84.8 Å². The number of hydrogen-bond acceptors (Lipinski definition) is 7. The summed E-state index contributed by atoms with van der Waals surface area (Å²) in [5.74, 6) is 5.25. The SMILES string of the molecule is CCCOCCOCCN(CCC#Cc1ccc2c(c1)CN(C1CCC(=O)NC1=O)C2=O)C(=O)OC(C)(C)C. The lowest BCUT2D eigenvalue weighted by molar-refractivity contribution is -0.136. The monoisotopic (exact) mass is 541 g/mol. The number of nitrogens with one attached hydrogen (secondary N) is 1. The lowest BCUT2D eigenvalue weighted by Gasteiger charge is -2.29. The van der Waals surface area contributed by atoms with E-state index >= 15 is 0 Å². The Morgan fingerprint density at radius 3 is 2.54 bits per heavy atom. The van der Waals surface area contributed by atoms with Gasteiger partial charge in [-0.05, 0) is 57.4 Å². The number of amides is 4. The predicted octanol–water partition coefficient (Wildman–Crippen LogP) is 2.87. The van der Waals surface area contributed by atoms with Crippen LogP contribution in [0.5, 0.6) is 0 Å². The van der Waals surface area contributed by atoms with Gasteiger partial charge in [-0.25, -0.2) is 4.79 Å². The highest BCUT2D eigenvalue weighted by Gasteiger charge is 2.39. The van der Waals surface area contributed by atoms with Gasteiger partial charge in [0.1, 0.15) is 11.6 Å². The van der Waals surface area contributed by atoms with Crippen LogP contribution in [0.25, 0.3) is 0 Å². The van der Waals surface area contributed by atoms with Crippen LogP contribution >= 0.6 is 0 Å². The molecule has 212 valence electrons. The van der Waals surface area contributed by atoms with Gasteiger partial charge >= 0.3 is 6.09 Å². The summed E-state index contributed by atoms with van der Waals surface area (Å²) in [7, 11) is 0. The van der Waals surface area contributed by atoms with Crippen LogP contribution in [-0.2, 0) is 30.3 Å².